The van der Waals surface area contributed by atoms with Gasteiger partial charge in [-0.1, -0.05) is 99.0 Å². The summed E-state index contributed by atoms with van der Waals surface area (Å²) in [4.78, 5) is 15.1. The number of aromatic nitrogens is 4. The van der Waals surface area contributed by atoms with Gasteiger partial charge in [0.25, 0.3) is 0 Å². The predicted octanol–water partition coefficient (Wildman–Crippen LogP) is 12.9. The summed E-state index contributed by atoms with van der Waals surface area (Å²) in [5.41, 5.74) is 9.70. The molecule has 0 saturated carbocycles. The van der Waals surface area contributed by atoms with E-state index in [1.54, 1.807) is 7.11 Å². The molecule has 9 nitrogen and oxygen atoms in total. The molecular weight excluding hydrogens is 853 g/mol. The number of benzene rings is 5. The zero-order chi connectivity index (χ0) is 46.6. The number of fused-ring (bicyclic) bond motifs is 9. The van der Waals surface area contributed by atoms with Gasteiger partial charge in [-0.2, -0.15) is 0 Å². The van der Waals surface area contributed by atoms with Crippen molar-refractivity contribution in [2.24, 2.45) is 23.7 Å². The lowest BCUT2D eigenvalue weighted by Crippen LogP contribution is -2.56. The molecule has 3 aromatic heterocycles. The summed E-state index contributed by atoms with van der Waals surface area (Å²) >= 11 is 0. The van der Waals surface area contributed by atoms with E-state index in [1.165, 1.54) is 31.2 Å². The largest absolute Gasteiger partial charge is 0.497 e. The van der Waals surface area contributed by atoms with E-state index in [0.717, 1.165) is 111 Å². The molecule has 4 bridgehead atoms. The highest BCUT2D eigenvalue weighted by atomic mass is 16.5. The zero-order valence-corrected chi connectivity index (χ0v) is 40.3. The Hall–Kier alpha value is -6.42. The lowest BCUT2D eigenvalue weighted by atomic mass is 9.72. The number of methoxy groups -OCH3 is 1. The first kappa shape index (κ1) is 43.8. The minimum atomic E-state index is -0.363. The summed E-state index contributed by atoms with van der Waals surface area (Å²) < 4.78 is 21.1. The minimum Gasteiger partial charge on any atom is -0.497 e. The van der Waals surface area contributed by atoms with E-state index in [9.17, 15) is 0 Å². The van der Waals surface area contributed by atoms with Gasteiger partial charge in [-0.05, 0) is 146 Å². The van der Waals surface area contributed by atoms with Crippen molar-refractivity contribution in [1.29, 1.82) is 0 Å². The van der Waals surface area contributed by atoms with Gasteiger partial charge in [-0.3, -0.25) is 19.8 Å². The van der Waals surface area contributed by atoms with Crippen LogP contribution in [0.4, 0.5) is 0 Å². The molecule has 5 aromatic carbocycles. The van der Waals surface area contributed by atoms with Crippen LogP contribution in [0.25, 0.3) is 54.8 Å². The van der Waals surface area contributed by atoms with Crippen LogP contribution in [0, 0.1) is 30.6 Å². The quantitative estimate of drug-likeness (QED) is 0.112. The Balaban J connectivity index is 1.06. The van der Waals surface area contributed by atoms with Crippen LogP contribution in [0.3, 0.4) is 0 Å². The van der Waals surface area contributed by atoms with Gasteiger partial charge in [0.05, 0.1) is 41.0 Å². The zero-order valence-electron chi connectivity index (χ0n) is 40.3. The Morgan fingerprint density at radius 3 is 1.52 bits per heavy atom. The molecule has 10 unspecified atom stereocenters. The van der Waals surface area contributed by atoms with Crippen molar-refractivity contribution in [2.45, 2.75) is 83.6 Å². The Labute approximate surface area is 405 Å². The number of ether oxygens (including phenoxy) is 3. The van der Waals surface area contributed by atoms with Gasteiger partial charge in [0, 0.05) is 47.4 Å². The molecule has 9 heteroatoms. The summed E-state index contributed by atoms with van der Waals surface area (Å²) in [6.45, 7) is 11.1. The Bertz CT molecular complexity index is 3150. The van der Waals surface area contributed by atoms with Gasteiger partial charge in [0.1, 0.15) is 18.0 Å². The third-order valence-corrected chi connectivity index (χ3v) is 16.6. The third kappa shape index (κ3) is 8.07. The van der Waals surface area contributed by atoms with E-state index in [0.29, 0.717) is 35.4 Å². The second-order valence-corrected chi connectivity index (χ2v) is 20.3. The van der Waals surface area contributed by atoms with Crippen molar-refractivity contribution in [3.05, 3.63) is 150 Å². The van der Waals surface area contributed by atoms with Crippen LogP contribution in [0.15, 0.2) is 134 Å². The number of pyridine rings is 2. The number of nitrogens with zero attached hydrogens (tertiary/aromatic N) is 6. The van der Waals surface area contributed by atoms with E-state index in [1.807, 2.05) is 18.5 Å². The number of aryl methyl sites for hydroxylation is 1. The first-order valence-corrected chi connectivity index (χ1v) is 25.5. The molecule has 14 rings (SSSR count). The van der Waals surface area contributed by atoms with Gasteiger partial charge in [0.15, 0.2) is 0 Å². The maximum atomic E-state index is 7.64. The molecule has 6 saturated heterocycles. The highest BCUT2D eigenvalue weighted by Crippen LogP contribution is 2.49. The van der Waals surface area contributed by atoms with Gasteiger partial charge >= 0.3 is 0 Å². The number of hydrogen-bond donors (Lipinski definition) is 0. The summed E-state index contributed by atoms with van der Waals surface area (Å²) in [5, 5.41) is 14.2. The van der Waals surface area contributed by atoms with Crippen LogP contribution in [0.2, 0.25) is 0 Å². The van der Waals surface area contributed by atoms with Crippen LogP contribution in [-0.2, 0) is 0 Å². The molecule has 0 spiro atoms. The monoisotopic (exact) mass is 914 g/mol. The van der Waals surface area contributed by atoms with Crippen molar-refractivity contribution in [2.75, 3.05) is 33.3 Å². The smallest absolute Gasteiger partial charge is 0.242 e. The Kier molecular flexibility index (Phi) is 11.7. The molecule has 10 atom stereocenters. The second kappa shape index (κ2) is 18.5. The molecule has 6 aliphatic rings. The van der Waals surface area contributed by atoms with Crippen molar-refractivity contribution < 1.29 is 14.2 Å². The van der Waals surface area contributed by atoms with Crippen molar-refractivity contribution in [1.82, 2.24) is 30.0 Å². The van der Waals surface area contributed by atoms with Crippen molar-refractivity contribution >= 4 is 32.6 Å². The maximum Gasteiger partial charge on any atom is 0.242 e. The van der Waals surface area contributed by atoms with Crippen LogP contribution < -0.4 is 14.2 Å². The first-order chi connectivity index (χ1) is 33.9. The average Bonchev–Trinajstić information content (AvgIpc) is 3.41. The standard InChI is InChI=1S/C60H62N6O3/c1-5-38-35-65-27-23-42(38)30-55(65)57(45-21-25-61-53-19-17-37(3)29-49(45)53)68-59-51-33-47(40-13-9-7-10-14-40)48(41-15-11-8-12-16-41)34-52(51)60(64-63-59)69-58(56-31-43-24-28-66(56)36-39(43)6-2)46-22-26-62-54-20-18-44(67-4)32-50(46)54/h7-22,25-26,29,32-34,38-39,42-43,55-58H,5-6,23-24,27-28,30-31,35-36H2,1-4H3. The average molecular weight is 915 g/mol. The minimum absolute atomic E-state index is 0.129. The Morgan fingerprint density at radius 1 is 0.565 bits per heavy atom. The summed E-state index contributed by atoms with van der Waals surface area (Å²) in [5.74, 6) is 4.47. The van der Waals surface area contributed by atoms with Crippen molar-refractivity contribution in [3.63, 3.8) is 0 Å². The molecule has 0 aliphatic carbocycles. The Morgan fingerprint density at radius 2 is 1.06 bits per heavy atom. The number of hydrogen-bond acceptors (Lipinski definition) is 9. The number of rotatable bonds is 13. The topological polar surface area (TPSA) is 85.7 Å². The molecule has 0 N–H and O–H groups in total. The fourth-order valence-electron chi connectivity index (χ4n) is 12.9. The number of piperidine rings is 6. The van der Waals surface area contributed by atoms with Crippen LogP contribution >= 0.6 is 0 Å². The van der Waals surface area contributed by atoms with E-state index in [4.69, 9.17) is 34.4 Å². The lowest BCUT2D eigenvalue weighted by molar-refractivity contribution is -0.0505. The maximum absolute atomic E-state index is 7.64. The second-order valence-electron chi connectivity index (χ2n) is 20.3. The lowest BCUT2D eigenvalue weighted by Gasteiger charge is -2.52. The third-order valence-electron chi connectivity index (χ3n) is 16.6. The van der Waals surface area contributed by atoms with Crippen LogP contribution in [0.1, 0.15) is 81.3 Å². The van der Waals surface area contributed by atoms with E-state index < -0.39 is 0 Å². The molecule has 9 heterocycles. The van der Waals surface area contributed by atoms with Gasteiger partial charge < -0.3 is 14.2 Å². The van der Waals surface area contributed by atoms with Gasteiger partial charge in [0.2, 0.25) is 11.8 Å². The highest BCUT2D eigenvalue weighted by molar-refractivity contribution is 6.00. The SMILES string of the molecule is CCC1CN2CCC1CC2C(Oc1nnc(OC(c2ccnc3ccc(OC)cc23)C2CC3CCN2CC3CC)c2cc(-c3ccccc3)c(-c3ccccc3)cc12)c1ccnc2ccc(C)cc12. The van der Waals surface area contributed by atoms with Crippen LogP contribution in [0.5, 0.6) is 17.5 Å². The molecular formula is C60H62N6O3. The molecule has 0 amide bonds. The predicted molar refractivity (Wildman–Crippen MR) is 276 cm³/mol. The molecule has 350 valence electrons. The summed E-state index contributed by atoms with van der Waals surface area (Å²) in [7, 11) is 1.72. The van der Waals surface area contributed by atoms with E-state index >= 15 is 0 Å². The normalized spacial score (nSPS) is 24.9. The summed E-state index contributed by atoms with van der Waals surface area (Å²) in [6.07, 6.45) is 10.1. The van der Waals surface area contributed by atoms with Crippen LogP contribution in [-0.4, -0.2) is 75.3 Å². The highest BCUT2D eigenvalue weighted by Gasteiger charge is 2.46. The van der Waals surface area contributed by atoms with E-state index in [-0.39, 0.29) is 24.3 Å². The summed E-state index contributed by atoms with van der Waals surface area (Å²) in [6, 6.07) is 43.3. The fourth-order valence-corrected chi connectivity index (χ4v) is 12.9. The van der Waals surface area contributed by atoms with E-state index in [2.05, 4.69) is 146 Å². The van der Waals surface area contributed by atoms with Crippen molar-refractivity contribution in [3.8, 4) is 39.8 Å². The fraction of sp³-hybridized carbons (Fsp3) is 0.367. The molecule has 6 fully saturated rings. The molecule has 0 radical (unpaired) electrons. The van der Waals surface area contributed by atoms with Gasteiger partial charge in [-0.15, -0.1) is 10.2 Å². The first-order valence-electron chi connectivity index (χ1n) is 25.5. The van der Waals surface area contributed by atoms with Gasteiger partial charge in [-0.25, -0.2) is 0 Å². The molecule has 8 aromatic rings. The molecule has 6 aliphatic heterocycles. The molecule has 69 heavy (non-hydrogen) atoms.